The van der Waals surface area contributed by atoms with Gasteiger partial charge in [-0.15, -0.1) is 12.6 Å². The summed E-state index contributed by atoms with van der Waals surface area (Å²) >= 11 is 4.22. The molecule has 0 N–H and O–H groups in total. The van der Waals surface area contributed by atoms with E-state index in [4.69, 9.17) is 4.74 Å². The molecule has 1 heterocycles. The molecule has 0 amide bonds. The topological polar surface area (TPSA) is 26.3 Å². The highest BCUT2D eigenvalue weighted by Crippen LogP contribution is 2.36. The van der Waals surface area contributed by atoms with Crippen molar-refractivity contribution < 1.29 is 9.53 Å². The third-order valence-corrected chi connectivity index (χ3v) is 2.50. The second-order valence-electron chi connectivity index (χ2n) is 3.63. The Bertz CT molecular complexity index is 383. The second-order valence-corrected chi connectivity index (χ2v) is 4.15. The predicted octanol–water partition coefficient (Wildman–Crippen LogP) is 2.38. The van der Waals surface area contributed by atoms with Crippen molar-refractivity contribution in [3.63, 3.8) is 0 Å². The second kappa shape index (κ2) is 2.51. The minimum atomic E-state index is -0.509. The number of thiol groups is 1. The van der Waals surface area contributed by atoms with Gasteiger partial charge in [0.25, 0.3) is 0 Å². The summed E-state index contributed by atoms with van der Waals surface area (Å²) in [6.45, 7) is 3.76. The highest BCUT2D eigenvalue weighted by molar-refractivity contribution is 7.80. The SMILES string of the molecule is CC1(C)OC(=O)c2ccc(S)cc21. The highest BCUT2D eigenvalue weighted by atomic mass is 32.1. The number of rotatable bonds is 0. The van der Waals surface area contributed by atoms with Gasteiger partial charge in [0.15, 0.2) is 0 Å². The Morgan fingerprint density at radius 2 is 2.08 bits per heavy atom. The first-order chi connectivity index (χ1) is 6.00. The molecule has 2 nitrogen and oxygen atoms in total. The van der Waals surface area contributed by atoms with Crippen LogP contribution in [-0.2, 0) is 10.3 Å². The molecule has 0 fully saturated rings. The van der Waals surface area contributed by atoms with Gasteiger partial charge in [0.1, 0.15) is 5.60 Å². The fourth-order valence-electron chi connectivity index (χ4n) is 1.55. The minimum absolute atomic E-state index is 0.242. The molecule has 0 unspecified atom stereocenters. The van der Waals surface area contributed by atoms with E-state index in [0.717, 1.165) is 10.5 Å². The first-order valence-corrected chi connectivity index (χ1v) is 4.52. The molecule has 0 saturated heterocycles. The molecule has 0 bridgehead atoms. The molecule has 1 aliphatic heterocycles. The van der Waals surface area contributed by atoms with Crippen LogP contribution in [0.3, 0.4) is 0 Å². The Labute approximate surface area is 82.3 Å². The molecule has 1 aromatic rings. The molecule has 0 atom stereocenters. The molecule has 0 radical (unpaired) electrons. The average molecular weight is 194 g/mol. The molecule has 0 aromatic heterocycles. The number of fused-ring (bicyclic) bond motifs is 1. The molecule has 3 heteroatoms. The first-order valence-electron chi connectivity index (χ1n) is 4.07. The van der Waals surface area contributed by atoms with Crippen molar-refractivity contribution >= 4 is 18.6 Å². The molecule has 0 spiro atoms. The summed E-state index contributed by atoms with van der Waals surface area (Å²) in [6, 6.07) is 5.43. The van der Waals surface area contributed by atoms with E-state index >= 15 is 0 Å². The number of carbonyl (C=O) groups is 1. The number of hydrogen-bond acceptors (Lipinski definition) is 3. The van der Waals surface area contributed by atoms with Crippen LogP contribution < -0.4 is 0 Å². The van der Waals surface area contributed by atoms with Crippen molar-refractivity contribution in [3.05, 3.63) is 29.3 Å². The minimum Gasteiger partial charge on any atom is -0.451 e. The van der Waals surface area contributed by atoms with Gasteiger partial charge in [0.05, 0.1) is 5.56 Å². The molecular weight excluding hydrogens is 184 g/mol. The lowest BCUT2D eigenvalue weighted by Crippen LogP contribution is -2.15. The number of carbonyl (C=O) groups excluding carboxylic acids is 1. The molecule has 68 valence electrons. The number of hydrogen-bond donors (Lipinski definition) is 1. The largest absolute Gasteiger partial charge is 0.451 e. The van der Waals surface area contributed by atoms with Crippen LogP contribution in [0.2, 0.25) is 0 Å². The maximum absolute atomic E-state index is 11.3. The van der Waals surface area contributed by atoms with Crippen molar-refractivity contribution in [2.45, 2.75) is 24.3 Å². The van der Waals surface area contributed by atoms with Gasteiger partial charge < -0.3 is 4.74 Å². The van der Waals surface area contributed by atoms with E-state index in [9.17, 15) is 4.79 Å². The average Bonchev–Trinajstić information content (AvgIpc) is 2.23. The zero-order chi connectivity index (χ0) is 9.64. The summed E-state index contributed by atoms with van der Waals surface area (Å²) < 4.78 is 5.20. The summed E-state index contributed by atoms with van der Waals surface area (Å²) in [5, 5.41) is 0. The Kier molecular flexibility index (Phi) is 1.67. The van der Waals surface area contributed by atoms with Gasteiger partial charge in [-0.3, -0.25) is 0 Å². The maximum atomic E-state index is 11.3. The van der Waals surface area contributed by atoms with Gasteiger partial charge in [-0.2, -0.15) is 0 Å². The van der Waals surface area contributed by atoms with Crippen molar-refractivity contribution in [2.24, 2.45) is 0 Å². The van der Waals surface area contributed by atoms with E-state index in [1.165, 1.54) is 0 Å². The normalized spacial score (nSPS) is 18.2. The van der Waals surface area contributed by atoms with Crippen LogP contribution in [0.25, 0.3) is 0 Å². The Morgan fingerprint density at radius 3 is 2.77 bits per heavy atom. The first kappa shape index (κ1) is 8.63. The molecule has 0 saturated carbocycles. The van der Waals surface area contributed by atoms with E-state index < -0.39 is 5.60 Å². The van der Waals surface area contributed by atoms with Gasteiger partial charge in [-0.1, -0.05) is 0 Å². The number of ether oxygens (including phenoxy) is 1. The van der Waals surface area contributed by atoms with E-state index in [-0.39, 0.29) is 5.97 Å². The van der Waals surface area contributed by atoms with Crippen LogP contribution in [-0.4, -0.2) is 5.97 Å². The number of cyclic esters (lactones) is 1. The van der Waals surface area contributed by atoms with E-state index in [0.29, 0.717) is 5.56 Å². The number of benzene rings is 1. The summed E-state index contributed by atoms with van der Waals surface area (Å²) in [4.78, 5) is 12.2. The van der Waals surface area contributed by atoms with E-state index in [1.54, 1.807) is 12.1 Å². The molecule has 0 aliphatic carbocycles. The Hall–Kier alpha value is -0.960. The van der Waals surface area contributed by atoms with Crippen LogP contribution in [0.15, 0.2) is 23.1 Å². The van der Waals surface area contributed by atoms with E-state index in [1.807, 2.05) is 19.9 Å². The quantitative estimate of drug-likeness (QED) is 0.507. The number of esters is 1. The van der Waals surface area contributed by atoms with Crippen LogP contribution in [0.4, 0.5) is 0 Å². The lowest BCUT2D eigenvalue weighted by Gasteiger charge is -2.17. The predicted molar refractivity (Wildman–Crippen MR) is 52.1 cm³/mol. The van der Waals surface area contributed by atoms with Crippen LogP contribution in [0.1, 0.15) is 29.8 Å². The Balaban J connectivity index is 2.66. The van der Waals surface area contributed by atoms with Gasteiger partial charge in [0.2, 0.25) is 0 Å². The van der Waals surface area contributed by atoms with Gasteiger partial charge in [-0.25, -0.2) is 4.79 Å². The summed E-state index contributed by atoms with van der Waals surface area (Å²) in [6.07, 6.45) is 0. The molecular formula is C10H10O2S. The lowest BCUT2D eigenvalue weighted by molar-refractivity contribution is 0.00951. The Morgan fingerprint density at radius 1 is 1.38 bits per heavy atom. The van der Waals surface area contributed by atoms with Gasteiger partial charge >= 0.3 is 5.97 Å². The lowest BCUT2D eigenvalue weighted by atomic mass is 9.96. The van der Waals surface area contributed by atoms with Crippen molar-refractivity contribution in [1.82, 2.24) is 0 Å². The molecule has 13 heavy (non-hydrogen) atoms. The highest BCUT2D eigenvalue weighted by Gasteiger charge is 2.37. The smallest absolute Gasteiger partial charge is 0.339 e. The zero-order valence-corrected chi connectivity index (χ0v) is 8.39. The summed E-state index contributed by atoms with van der Waals surface area (Å²) in [7, 11) is 0. The van der Waals surface area contributed by atoms with Crippen molar-refractivity contribution in [3.8, 4) is 0 Å². The molecule has 2 rings (SSSR count). The van der Waals surface area contributed by atoms with Crippen LogP contribution in [0.5, 0.6) is 0 Å². The zero-order valence-electron chi connectivity index (χ0n) is 7.50. The summed E-state index contributed by atoms with van der Waals surface area (Å²) in [5.41, 5.74) is 1.07. The monoisotopic (exact) mass is 194 g/mol. The maximum Gasteiger partial charge on any atom is 0.339 e. The van der Waals surface area contributed by atoms with Crippen molar-refractivity contribution in [2.75, 3.05) is 0 Å². The summed E-state index contributed by atoms with van der Waals surface area (Å²) in [5.74, 6) is -0.242. The third kappa shape index (κ3) is 1.23. The molecule has 1 aliphatic rings. The fourth-order valence-corrected chi connectivity index (χ4v) is 1.75. The van der Waals surface area contributed by atoms with E-state index in [2.05, 4.69) is 12.6 Å². The van der Waals surface area contributed by atoms with Crippen LogP contribution in [0, 0.1) is 0 Å². The van der Waals surface area contributed by atoms with Crippen molar-refractivity contribution in [1.29, 1.82) is 0 Å². The third-order valence-electron chi connectivity index (χ3n) is 2.22. The molecule has 1 aromatic carbocycles. The van der Waals surface area contributed by atoms with Gasteiger partial charge in [0, 0.05) is 10.5 Å². The standard InChI is InChI=1S/C10H10O2S/c1-10(2)8-5-6(13)3-4-7(8)9(11)12-10/h3-5,13H,1-2H3. The van der Waals surface area contributed by atoms with Crippen LogP contribution >= 0.6 is 12.6 Å². The fraction of sp³-hybridized carbons (Fsp3) is 0.300. The van der Waals surface area contributed by atoms with Gasteiger partial charge in [-0.05, 0) is 32.0 Å².